The van der Waals surface area contributed by atoms with Gasteiger partial charge in [-0.25, -0.2) is 0 Å². The van der Waals surface area contributed by atoms with Crippen LogP contribution in [-0.4, -0.2) is 44.3 Å². The summed E-state index contributed by atoms with van der Waals surface area (Å²) in [6.45, 7) is 2.16. The largest absolute Gasteiger partial charge is 0.306 e. The Bertz CT molecular complexity index is 1060. The number of hydrogen-bond acceptors (Lipinski definition) is 5. The van der Waals surface area contributed by atoms with E-state index in [4.69, 9.17) is 4.55 Å². The van der Waals surface area contributed by atoms with Crippen LogP contribution in [0.25, 0.3) is 11.1 Å². The van der Waals surface area contributed by atoms with Gasteiger partial charge in [0.1, 0.15) is 0 Å². The Labute approximate surface area is 170 Å². The predicted molar refractivity (Wildman–Crippen MR) is 113 cm³/mol. The monoisotopic (exact) mass is 414 g/mol. The first-order chi connectivity index (χ1) is 13.3. The van der Waals surface area contributed by atoms with Crippen LogP contribution >= 0.6 is 11.8 Å². The quantitative estimate of drug-likeness (QED) is 0.652. The lowest BCUT2D eigenvalue weighted by molar-refractivity contribution is 0.356. The SMILES string of the molecule is CN1CCC2=C(CC1)c1cc(C#N)ccc1Sc1ccccc12.CS(=O)(=O)O. The molecule has 0 spiro atoms. The minimum Gasteiger partial charge on any atom is -0.306 e. The van der Waals surface area contributed by atoms with Crippen LogP contribution in [0.4, 0.5) is 0 Å². The van der Waals surface area contributed by atoms with Crippen LogP contribution in [-0.2, 0) is 10.1 Å². The van der Waals surface area contributed by atoms with Crippen LogP contribution in [0.3, 0.4) is 0 Å². The van der Waals surface area contributed by atoms with E-state index in [1.165, 1.54) is 32.1 Å². The van der Waals surface area contributed by atoms with Gasteiger partial charge in [0.2, 0.25) is 0 Å². The van der Waals surface area contributed by atoms with Gasteiger partial charge in [-0.3, -0.25) is 4.55 Å². The number of nitriles is 1. The predicted octanol–water partition coefficient (Wildman–Crippen LogP) is 4.16. The molecule has 0 fully saturated rings. The summed E-state index contributed by atoms with van der Waals surface area (Å²) >= 11 is 1.83. The van der Waals surface area contributed by atoms with Crippen LogP contribution in [0, 0.1) is 11.3 Å². The molecule has 0 amide bonds. The molecule has 2 aromatic carbocycles. The molecule has 2 aliphatic rings. The third kappa shape index (κ3) is 5.03. The molecule has 0 bridgehead atoms. The number of hydrogen-bond donors (Lipinski definition) is 1. The second-order valence-electron chi connectivity index (χ2n) is 6.91. The number of rotatable bonds is 0. The Balaban J connectivity index is 0.000000403. The topological polar surface area (TPSA) is 81.4 Å². The van der Waals surface area contributed by atoms with Crippen molar-refractivity contribution in [1.82, 2.24) is 4.90 Å². The standard InChI is InChI=1S/C20H18N2S.CH4O3S/c1-22-10-8-15-16(9-11-22)18-12-14(13-21)6-7-20(18)23-19-5-3-2-4-17(15)19;1-5(2,3)4/h2-7,12H,8-11H2,1H3;1H3,(H,2,3,4). The Morgan fingerprint density at radius 1 is 1.04 bits per heavy atom. The molecule has 0 radical (unpaired) electrons. The fourth-order valence-corrected chi connectivity index (χ4v) is 4.57. The molecular formula is C21H22N2O3S2. The lowest BCUT2D eigenvalue weighted by Crippen LogP contribution is -2.19. The molecule has 0 aromatic heterocycles. The van der Waals surface area contributed by atoms with E-state index in [1.807, 2.05) is 17.8 Å². The summed E-state index contributed by atoms with van der Waals surface area (Å²) in [7, 11) is -1.47. The number of benzene rings is 2. The van der Waals surface area contributed by atoms with Gasteiger partial charge >= 0.3 is 0 Å². The zero-order valence-corrected chi connectivity index (χ0v) is 17.5. The molecule has 0 aliphatic carbocycles. The van der Waals surface area contributed by atoms with Gasteiger partial charge in [0.15, 0.2) is 0 Å². The first-order valence-corrected chi connectivity index (χ1v) is 11.6. The molecule has 5 nitrogen and oxygen atoms in total. The maximum atomic E-state index is 9.30. The van der Waals surface area contributed by atoms with Gasteiger partial charge in [0.05, 0.1) is 17.9 Å². The van der Waals surface area contributed by atoms with Gasteiger partial charge in [-0.1, -0.05) is 30.0 Å². The fraction of sp³-hybridized carbons (Fsp3) is 0.286. The summed E-state index contributed by atoms with van der Waals surface area (Å²) in [6.07, 6.45) is 2.83. The van der Waals surface area contributed by atoms with Crippen molar-refractivity contribution in [3.05, 3.63) is 59.2 Å². The van der Waals surface area contributed by atoms with E-state index in [-0.39, 0.29) is 0 Å². The van der Waals surface area contributed by atoms with E-state index >= 15 is 0 Å². The van der Waals surface area contributed by atoms with Gasteiger partial charge in [0.25, 0.3) is 10.1 Å². The molecule has 0 saturated heterocycles. The summed E-state index contributed by atoms with van der Waals surface area (Å²) in [4.78, 5) is 5.00. The fourth-order valence-electron chi connectivity index (χ4n) is 3.46. The van der Waals surface area contributed by atoms with Crippen molar-refractivity contribution in [2.45, 2.75) is 22.6 Å². The molecule has 28 heavy (non-hydrogen) atoms. The third-order valence-corrected chi connectivity index (χ3v) is 5.87. The van der Waals surface area contributed by atoms with Crippen molar-refractivity contribution in [3.8, 4) is 6.07 Å². The van der Waals surface area contributed by atoms with Crippen molar-refractivity contribution in [1.29, 1.82) is 5.26 Å². The Morgan fingerprint density at radius 3 is 2.25 bits per heavy atom. The van der Waals surface area contributed by atoms with E-state index in [2.05, 4.69) is 54.4 Å². The molecule has 2 aliphatic heterocycles. The van der Waals surface area contributed by atoms with E-state index in [9.17, 15) is 13.7 Å². The van der Waals surface area contributed by atoms with Crippen LogP contribution < -0.4 is 0 Å². The van der Waals surface area contributed by atoms with Crippen molar-refractivity contribution >= 4 is 33.0 Å². The molecule has 0 atom stereocenters. The Hall–Kier alpha value is -2.11. The van der Waals surface area contributed by atoms with E-state index in [1.54, 1.807) is 0 Å². The maximum Gasteiger partial charge on any atom is 0.261 e. The highest BCUT2D eigenvalue weighted by Gasteiger charge is 2.24. The highest BCUT2D eigenvalue weighted by atomic mass is 32.2. The minimum atomic E-state index is -3.67. The van der Waals surface area contributed by atoms with Crippen molar-refractivity contribution < 1.29 is 13.0 Å². The number of fused-ring (bicyclic) bond motifs is 4. The lowest BCUT2D eigenvalue weighted by Gasteiger charge is -2.14. The van der Waals surface area contributed by atoms with Crippen LogP contribution in [0.1, 0.15) is 29.5 Å². The van der Waals surface area contributed by atoms with Crippen LogP contribution in [0.2, 0.25) is 0 Å². The van der Waals surface area contributed by atoms with Crippen molar-refractivity contribution in [2.75, 3.05) is 26.4 Å². The van der Waals surface area contributed by atoms with E-state index in [0.717, 1.165) is 31.5 Å². The average molecular weight is 415 g/mol. The number of nitrogens with zero attached hydrogens (tertiary/aromatic N) is 2. The normalized spacial score (nSPS) is 16.4. The smallest absolute Gasteiger partial charge is 0.261 e. The summed E-state index contributed by atoms with van der Waals surface area (Å²) in [6, 6.07) is 17.1. The second-order valence-corrected chi connectivity index (χ2v) is 9.46. The molecule has 0 unspecified atom stereocenters. The van der Waals surface area contributed by atoms with Crippen LogP contribution in [0.15, 0.2) is 52.3 Å². The molecular weight excluding hydrogens is 392 g/mol. The highest BCUT2D eigenvalue weighted by Crippen LogP contribution is 2.47. The minimum absolute atomic E-state index is 0.715. The van der Waals surface area contributed by atoms with Crippen molar-refractivity contribution in [2.24, 2.45) is 0 Å². The van der Waals surface area contributed by atoms with Gasteiger partial charge in [-0.05, 0) is 66.4 Å². The van der Waals surface area contributed by atoms with Crippen LogP contribution in [0.5, 0.6) is 0 Å². The van der Waals surface area contributed by atoms with Gasteiger partial charge in [0, 0.05) is 22.9 Å². The van der Waals surface area contributed by atoms with Crippen molar-refractivity contribution in [3.63, 3.8) is 0 Å². The highest BCUT2D eigenvalue weighted by molar-refractivity contribution is 7.99. The Kier molecular flexibility index (Phi) is 6.26. The summed E-state index contributed by atoms with van der Waals surface area (Å²) in [5, 5.41) is 9.30. The van der Waals surface area contributed by atoms with E-state index < -0.39 is 10.1 Å². The first-order valence-electron chi connectivity index (χ1n) is 8.91. The molecule has 2 aromatic rings. The summed E-state index contributed by atoms with van der Waals surface area (Å²) < 4.78 is 25.9. The Morgan fingerprint density at radius 2 is 1.61 bits per heavy atom. The first kappa shape index (κ1) is 20.6. The molecule has 1 N–H and O–H groups in total. The lowest BCUT2D eigenvalue weighted by atomic mass is 9.91. The molecule has 146 valence electrons. The van der Waals surface area contributed by atoms with Gasteiger partial charge in [-0.2, -0.15) is 13.7 Å². The van der Waals surface area contributed by atoms with E-state index in [0.29, 0.717) is 6.26 Å². The zero-order chi connectivity index (χ0) is 20.3. The summed E-state index contributed by atoms with van der Waals surface area (Å²) in [5.41, 5.74) is 6.28. The van der Waals surface area contributed by atoms with Gasteiger partial charge < -0.3 is 4.90 Å². The van der Waals surface area contributed by atoms with Gasteiger partial charge in [-0.15, -0.1) is 0 Å². The molecule has 0 saturated carbocycles. The molecule has 4 rings (SSSR count). The molecule has 7 heteroatoms. The summed E-state index contributed by atoms with van der Waals surface area (Å²) in [5.74, 6) is 0. The maximum absolute atomic E-state index is 9.30. The zero-order valence-electron chi connectivity index (χ0n) is 15.8. The average Bonchev–Trinajstić information content (AvgIpc) is 2.90. The second kappa shape index (κ2) is 8.50. The third-order valence-electron chi connectivity index (χ3n) is 4.72. The molecule has 2 heterocycles.